The maximum atomic E-state index is 11.4. The van der Waals surface area contributed by atoms with Crippen LogP contribution in [0.1, 0.15) is 86.7 Å². The molecular formula is C31H36O2S3. The van der Waals surface area contributed by atoms with Gasteiger partial charge in [-0.3, -0.25) is 0 Å². The van der Waals surface area contributed by atoms with E-state index in [0.717, 1.165) is 18.4 Å². The molecule has 4 aromatic rings. The lowest BCUT2D eigenvalue weighted by atomic mass is 10.0. The standard InChI is InChI=1S/C31H36O2S3/c1-3-5-7-9-11-23-17-19-34-28(23)27-21-26(22-13-15-25(16-14-22)31(32)33)30(36-27)29-24(18-20-35-29)12-10-8-6-4-2/h13-21H,3-12H2,1-2H3,(H,32,33). The average molecular weight is 537 g/mol. The minimum atomic E-state index is -0.883. The summed E-state index contributed by atoms with van der Waals surface area (Å²) in [7, 11) is 0. The molecule has 0 spiro atoms. The second-order valence-electron chi connectivity index (χ2n) is 9.41. The minimum absolute atomic E-state index is 0.330. The predicted octanol–water partition coefficient (Wildman–Crippen LogP) is 10.8. The van der Waals surface area contributed by atoms with Crippen LogP contribution in [0, 0.1) is 0 Å². The fourth-order valence-electron chi connectivity index (χ4n) is 4.64. The van der Waals surface area contributed by atoms with E-state index in [9.17, 15) is 9.90 Å². The van der Waals surface area contributed by atoms with E-state index in [0.29, 0.717) is 5.56 Å². The van der Waals surface area contributed by atoms with E-state index >= 15 is 0 Å². The van der Waals surface area contributed by atoms with Crippen LogP contribution in [-0.4, -0.2) is 11.1 Å². The van der Waals surface area contributed by atoms with Crippen LogP contribution >= 0.6 is 34.0 Å². The molecule has 0 amide bonds. The molecule has 1 aromatic carbocycles. The van der Waals surface area contributed by atoms with Gasteiger partial charge in [0, 0.05) is 20.2 Å². The van der Waals surface area contributed by atoms with Gasteiger partial charge in [0.25, 0.3) is 0 Å². The number of benzene rings is 1. The number of unbranched alkanes of at least 4 members (excludes halogenated alkanes) is 6. The number of rotatable bonds is 14. The van der Waals surface area contributed by atoms with Crippen LogP contribution in [0.25, 0.3) is 30.6 Å². The first-order valence-electron chi connectivity index (χ1n) is 13.2. The van der Waals surface area contributed by atoms with Crippen molar-refractivity contribution >= 4 is 40.0 Å². The van der Waals surface area contributed by atoms with Gasteiger partial charge in [0.2, 0.25) is 0 Å². The summed E-state index contributed by atoms with van der Waals surface area (Å²) in [5.41, 5.74) is 5.54. The van der Waals surface area contributed by atoms with Gasteiger partial charge in [-0.2, -0.15) is 0 Å². The summed E-state index contributed by atoms with van der Waals surface area (Å²) < 4.78 is 0. The molecular weight excluding hydrogens is 501 g/mol. The molecule has 0 saturated carbocycles. The Labute approximate surface area is 227 Å². The van der Waals surface area contributed by atoms with Gasteiger partial charge in [-0.15, -0.1) is 34.0 Å². The third kappa shape index (κ3) is 6.56. The van der Waals surface area contributed by atoms with E-state index in [1.807, 2.05) is 46.1 Å². The van der Waals surface area contributed by atoms with Crippen molar-refractivity contribution < 1.29 is 9.90 Å². The van der Waals surface area contributed by atoms with E-state index in [1.54, 1.807) is 12.1 Å². The molecule has 5 heteroatoms. The summed E-state index contributed by atoms with van der Waals surface area (Å²) >= 11 is 5.58. The molecule has 190 valence electrons. The number of aromatic carboxylic acids is 1. The lowest BCUT2D eigenvalue weighted by Crippen LogP contribution is -1.95. The van der Waals surface area contributed by atoms with Crippen LogP contribution in [-0.2, 0) is 12.8 Å². The summed E-state index contributed by atoms with van der Waals surface area (Å²) in [6, 6.07) is 14.3. The van der Waals surface area contributed by atoms with E-state index in [4.69, 9.17) is 0 Å². The lowest BCUT2D eigenvalue weighted by Gasteiger charge is -2.07. The van der Waals surface area contributed by atoms with E-state index in [-0.39, 0.29) is 0 Å². The number of thiophene rings is 3. The normalized spacial score (nSPS) is 11.3. The van der Waals surface area contributed by atoms with Crippen LogP contribution in [0.3, 0.4) is 0 Å². The highest BCUT2D eigenvalue weighted by Gasteiger charge is 2.20. The maximum absolute atomic E-state index is 11.4. The average Bonchev–Trinajstić information content (AvgIpc) is 3.64. The van der Waals surface area contributed by atoms with Gasteiger partial charge in [0.1, 0.15) is 0 Å². The van der Waals surface area contributed by atoms with Crippen molar-refractivity contribution in [1.82, 2.24) is 0 Å². The highest BCUT2D eigenvalue weighted by molar-refractivity contribution is 7.26. The Morgan fingerprint density at radius 1 is 0.722 bits per heavy atom. The largest absolute Gasteiger partial charge is 0.478 e. The summed E-state index contributed by atoms with van der Waals surface area (Å²) in [4.78, 5) is 16.8. The van der Waals surface area contributed by atoms with Gasteiger partial charge in [-0.1, -0.05) is 64.5 Å². The molecule has 36 heavy (non-hydrogen) atoms. The number of carbonyl (C=O) groups is 1. The minimum Gasteiger partial charge on any atom is -0.478 e. The predicted molar refractivity (Wildman–Crippen MR) is 159 cm³/mol. The van der Waals surface area contributed by atoms with Crippen molar-refractivity contribution in [2.75, 3.05) is 0 Å². The Morgan fingerprint density at radius 3 is 1.89 bits per heavy atom. The zero-order valence-electron chi connectivity index (χ0n) is 21.3. The number of hydrogen-bond donors (Lipinski definition) is 1. The summed E-state index contributed by atoms with van der Waals surface area (Å²) in [5, 5.41) is 13.8. The van der Waals surface area contributed by atoms with Crippen LogP contribution in [0.2, 0.25) is 0 Å². The van der Waals surface area contributed by atoms with Crippen molar-refractivity contribution in [3.8, 4) is 30.6 Å². The Hall–Kier alpha value is -2.21. The van der Waals surface area contributed by atoms with Gasteiger partial charge < -0.3 is 5.11 Å². The second-order valence-corrected chi connectivity index (χ2v) is 12.3. The zero-order chi connectivity index (χ0) is 25.3. The van der Waals surface area contributed by atoms with Crippen LogP contribution < -0.4 is 0 Å². The fraction of sp³-hybridized carbons (Fsp3) is 0.387. The van der Waals surface area contributed by atoms with E-state index in [2.05, 4.69) is 42.8 Å². The van der Waals surface area contributed by atoms with E-state index in [1.165, 1.54) is 87.6 Å². The molecule has 4 rings (SSSR count). The van der Waals surface area contributed by atoms with Gasteiger partial charge in [-0.25, -0.2) is 4.79 Å². The van der Waals surface area contributed by atoms with Crippen molar-refractivity contribution in [1.29, 1.82) is 0 Å². The Morgan fingerprint density at radius 2 is 1.31 bits per heavy atom. The molecule has 0 aliphatic heterocycles. The van der Waals surface area contributed by atoms with Gasteiger partial charge in [0.05, 0.1) is 10.4 Å². The summed E-state index contributed by atoms with van der Waals surface area (Å²) in [5.74, 6) is -0.883. The second kappa shape index (κ2) is 13.4. The van der Waals surface area contributed by atoms with Crippen LogP contribution in [0.5, 0.6) is 0 Å². The SMILES string of the molecule is CCCCCCc1ccsc1-c1cc(-c2ccc(C(=O)O)cc2)c(-c2sccc2CCCCCC)s1. The third-order valence-electron chi connectivity index (χ3n) is 6.70. The summed E-state index contributed by atoms with van der Waals surface area (Å²) in [6.45, 7) is 4.52. The third-order valence-corrected chi connectivity index (χ3v) is 10.1. The van der Waals surface area contributed by atoms with Gasteiger partial charge >= 0.3 is 5.97 Å². The Bertz CT molecular complexity index is 1240. The van der Waals surface area contributed by atoms with Crippen molar-refractivity contribution in [3.63, 3.8) is 0 Å². The Kier molecular flexibility index (Phi) is 9.97. The zero-order valence-corrected chi connectivity index (χ0v) is 23.8. The van der Waals surface area contributed by atoms with E-state index < -0.39 is 5.97 Å². The molecule has 1 N–H and O–H groups in total. The molecule has 0 radical (unpaired) electrons. The molecule has 0 atom stereocenters. The molecule has 0 aliphatic carbocycles. The highest BCUT2D eigenvalue weighted by atomic mass is 32.1. The maximum Gasteiger partial charge on any atom is 0.335 e. The molecule has 0 fully saturated rings. The fourth-order valence-corrected chi connectivity index (χ4v) is 8.08. The molecule has 0 bridgehead atoms. The summed E-state index contributed by atoms with van der Waals surface area (Å²) in [6.07, 6.45) is 12.4. The van der Waals surface area contributed by atoms with Crippen molar-refractivity contribution in [3.05, 3.63) is 69.9 Å². The molecule has 0 aliphatic rings. The smallest absolute Gasteiger partial charge is 0.335 e. The topological polar surface area (TPSA) is 37.3 Å². The number of carboxylic acids is 1. The first-order chi connectivity index (χ1) is 17.6. The molecule has 3 aromatic heterocycles. The first-order valence-corrected chi connectivity index (χ1v) is 15.8. The van der Waals surface area contributed by atoms with Gasteiger partial charge in [-0.05, 0) is 83.5 Å². The number of carboxylic acid groups (broad SMARTS) is 1. The van der Waals surface area contributed by atoms with Gasteiger partial charge in [0.15, 0.2) is 0 Å². The van der Waals surface area contributed by atoms with Crippen molar-refractivity contribution in [2.45, 2.75) is 78.1 Å². The first kappa shape index (κ1) is 26.8. The molecule has 0 unspecified atom stereocenters. The molecule has 2 nitrogen and oxygen atoms in total. The van der Waals surface area contributed by atoms with Crippen LogP contribution in [0.15, 0.2) is 53.2 Å². The van der Waals surface area contributed by atoms with Crippen LogP contribution in [0.4, 0.5) is 0 Å². The molecule has 0 saturated heterocycles. The lowest BCUT2D eigenvalue weighted by molar-refractivity contribution is 0.0697. The van der Waals surface area contributed by atoms with Crippen molar-refractivity contribution in [2.24, 2.45) is 0 Å². The monoisotopic (exact) mass is 536 g/mol. The molecule has 3 heterocycles. The Balaban J connectivity index is 1.70. The number of hydrogen-bond acceptors (Lipinski definition) is 4. The quantitative estimate of drug-likeness (QED) is 0.163. The highest BCUT2D eigenvalue weighted by Crippen LogP contribution is 2.48. The number of aryl methyl sites for hydroxylation is 2.